The molecule has 1 aromatic rings. The number of amides is 1. The van der Waals surface area contributed by atoms with E-state index in [1.54, 1.807) is 24.3 Å². The van der Waals surface area contributed by atoms with Crippen LogP contribution in [0.15, 0.2) is 24.3 Å². The summed E-state index contributed by atoms with van der Waals surface area (Å²) in [7, 11) is -3.55. The second kappa shape index (κ2) is 6.52. The normalized spacial score (nSPS) is 22.2. The van der Waals surface area contributed by atoms with Crippen LogP contribution in [0.2, 0.25) is 0 Å². The highest BCUT2D eigenvalue weighted by molar-refractivity contribution is 7.88. The highest BCUT2D eigenvalue weighted by atomic mass is 32.2. The van der Waals surface area contributed by atoms with Crippen LogP contribution in [0.4, 0.5) is 5.69 Å². The maximum absolute atomic E-state index is 12.0. The van der Waals surface area contributed by atoms with Crippen LogP contribution in [-0.2, 0) is 25.3 Å². The predicted octanol–water partition coefficient (Wildman–Crippen LogP) is -0.0801. The molecule has 0 bridgehead atoms. The Hall–Kier alpha value is -1.48. The van der Waals surface area contributed by atoms with Crippen LogP contribution in [0.25, 0.3) is 0 Å². The molecule has 1 heterocycles. The average molecular weight is 313 g/mol. The summed E-state index contributed by atoms with van der Waals surface area (Å²) in [5.41, 5.74) is 6.65. The molecule has 1 aliphatic heterocycles. The van der Waals surface area contributed by atoms with Crippen LogP contribution in [-0.4, -0.2) is 33.1 Å². The zero-order chi connectivity index (χ0) is 15.5. The van der Waals surface area contributed by atoms with E-state index in [2.05, 4.69) is 5.32 Å². The molecule has 2 rings (SSSR count). The second-order valence-corrected chi connectivity index (χ2v) is 6.67. The fourth-order valence-corrected chi connectivity index (χ4v) is 2.87. The minimum Gasteiger partial charge on any atom is -0.364 e. The third-order valence-electron chi connectivity index (χ3n) is 3.25. The number of primary sulfonamides is 1. The lowest BCUT2D eigenvalue weighted by atomic mass is 10.2. The van der Waals surface area contributed by atoms with E-state index < -0.39 is 16.1 Å². The number of hydrogen-bond donors (Lipinski definition) is 3. The molecule has 1 aromatic carbocycles. The molecule has 0 aromatic heterocycles. The second-order valence-electron chi connectivity index (χ2n) is 5.05. The van der Waals surface area contributed by atoms with Crippen LogP contribution >= 0.6 is 0 Å². The van der Waals surface area contributed by atoms with Crippen molar-refractivity contribution in [2.24, 2.45) is 10.9 Å². The van der Waals surface area contributed by atoms with Gasteiger partial charge in [0.2, 0.25) is 10.0 Å². The maximum Gasteiger partial charge on any atom is 0.253 e. The summed E-state index contributed by atoms with van der Waals surface area (Å²) in [5, 5.41) is 7.70. The summed E-state index contributed by atoms with van der Waals surface area (Å²) >= 11 is 0. The molecule has 21 heavy (non-hydrogen) atoms. The number of carbonyl (C=O) groups is 1. The molecule has 1 fully saturated rings. The van der Waals surface area contributed by atoms with Crippen molar-refractivity contribution in [1.29, 1.82) is 0 Å². The first-order chi connectivity index (χ1) is 9.87. The van der Waals surface area contributed by atoms with Gasteiger partial charge in [0.25, 0.3) is 5.91 Å². The molecule has 7 nitrogen and oxygen atoms in total. The number of ether oxygens (including phenoxy) is 1. The summed E-state index contributed by atoms with van der Waals surface area (Å²) in [6.45, 7) is 0.409. The third kappa shape index (κ3) is 4.78. The number of hydrogen-bond acceptors (Lipinski definition) is 5. The van der Waals surface area contributed by atoms with Gasteiger partial charge in [-0.05, 0) is 30.5 Å². The minimum atomic E-state index is -3.55. The van der Waals surface area contributed by atoms with Crippen molar-refractivity contribution < 1.29 is 17.9 Å². The summed E-state index contributed by atoms with van der Waals surface area (Å²) in [6.07, 6.45) is 0.888. The topological polar surface area (TPSA) is 125 Å². The smallest absolute Gasteiger partial charge is 0.253 e. The minimum absolute atomic E-state index is 0.0575. The number of carbonyl (C=O) groups excluding carboxylic acids is 1. The molecule has 8 heteroatoms. The Morgan fingerprint density at radius 3 is 2.48 bits per heavy atom. The molecule has 2 atom stereocenters. The van der Waals surface area contributed by atoms with Gasteiger partial charge in [0.15, 0.2) is 0 Å². The van der Waals surface area contributed by atoms with Crippen LogP contribution in [0.3, 0.4) is 0 Å². The Balaban J connectivity index is 1.93. The number of rotatable bonds is 5. The number of sulfonamides is 1. The highest BCUT2D eigenvalue weighted by Gasteiger charge is 2.29. The molecular formula is C13H19N3O4S. The maximum atomic E-state index is 12.0. The number of nitrogens with two attached hydrogens (primary N) is 2. The monoisotopic (exact) mass is 313 g/mol. The number of anilines is 1. The number of nitrogens with one attached hydrogen (secondary N) is 1. The lowest BCUT2D eigenvalue weighted by Gasteiger charge is -2.13. The molecule has 5 N–H and O–H groups in total. The standard InChI is InChI=1S/C13H19N3O4S/c14-7-11-5-6-12(20-11)13(17)16-10-3-1-9(2-4-10)8-21(15,18)19/h1-4,11-12H,5-8,14H2,(H,16,17)(H2,15,18,19). The molecule has 1 saturated heterocycles. The summed E-state index contributed by atoms with van der Waals surface area (Å²) in [5.74, 6) is -0.448. The molecule has 1 aliphatic rings. The summed E-state index contributed by atoms with van der Waals surface area (Å²) < 4.78 is 27.5. The van der Waals surface area contributed by atoms with Crippen molar-refractivity contribution in [3.8, 4) is 0 Å². The van der Waals surface area contributed by atoms with Gasteiger partial charge in [-0.15, -0.1) is 0 Å². The summed E-state index contributed by atoms with van der Waals surface area (Å²) in [6, 6.07) is 6.48. The van der Waals surface area contributed by atoms with Gasteiger partial charge in [-0.1, -0.05) is 12.1 Å². The molecule has 0 spiro atoms. The van der Waals surface area contributed by atoms with Crippen molar-refractivity contribution in [2.45, 2.75) is 30.8 Å². The Morgan fingerprint density at radius 2 is 1.95 bits per heavy atom. The van der Waals surface area contributed by atoms with Crippen LogP contribution in [0.1, 0.15) is 18.4 Å². The summed E-state index contributed by atoms with van der Waals surface area (Å²) in [4.78, 5) is 12.0. The van der Waals surface area contributed by atoms with E-state index >= 15 is 0 Å². The fourth-order valence-electron chi connectivity index (χ4n) is 2.21. The van der Waals surface area contributed by atoms with Gasteiger partial charge in [-0.3, -0.25) is 4.79 Å². The lowest BCUT2D eigenvalue weighted by molar-refractivity contribution is -0.126. The van der Waals surface area contributed by atoms with E-state index in [0.29, 0.717) is 24.2 Å². The van der Waals surface area contributed by atoms with Gasteiger partial charge in [-0.25, -0.2) is 13.6 Å². The van der Waals surface area contributed by atoms with Gasteiger partial charge in [0.1, 0.15) is 6.10 Å². The van der Waals surface area contributed by atoms with Gasteiger partial charge in [-0.2, -0.15) is 0 Å². The van der Waals surface area contributed by atoms with Crippen LogP contribution in [0, 0.1) is 0 Å². The SMILES string of the molecule is NCC1CCC(C(=O)Nc2ccc(CS(N)(=O)=O)cc2)O1. The average Bonchev–Trinajstić information content (AvgIpc) is 2.88. The number of benzene rings is 1. The van der Waals surface area contributed by atoms with Gasteiger partial charge < -0.3 is 15.8 Å². The van der Waals surface area contributed by atoms with Crippen molar-refractivity contribution in [3.05, 3.63) is 29.8 Å². The van der Waals surface area contributed by atoms with Crippen LogP contribution in [0.5, 0.6) is 0 Å². The lowest BCUT2D eigenvalue weighted by Crippen LogP contribution is -2.29. The Labute approximate surface area is 123 Å². The van der Waals surface area contributed by atoms with E-state index in [-0.39, 0.29) is 17.8 Å². The third-order valence-corrected chi connectivity index (χ3v) is 3.99. The highest BCUT2D eigenvalue weighted by Crippen LogP contribution is 2.20. The van der Waals surface area contributed by atoms with Crippen molar-refractivity contribution in [1.82, 2.24) is 0 Å². The molecule has 1 amide bonds. The Kier molecular flexibility index (Phi) is 4.94. The van der Waals surface area contributed by atoms with Crippen molar-refractivity contribution >= 4 is 21.6 Å². The first-order valence-corrected chi connectivity index (χ1v) is 8.35. The van der Waals surface area contributed by atoms with Crippen LogP contribution < -0.4 is 16.2 Å². The molecular weight excluding hydrogens is 294 g/mol. The molecule has 2 unspecified atom stereocenters. The largest absolute Gasteiger partial charge is 0.364 e. The van der Waals surface area contributed by atoms with E-state index in [4.69, 9.17) is 15.6 Å². The van der Waals surface area contributed by atoms with Gasteiger partial charge in [0, 0.05) is 12.2 Å². The van der Waals surface area contributed by atoms with Gasteiger partial charge >= 0.3 is 0 Å². The quantitative estimate of drug-likeness (QED) is 0.701. The molecule has 0 radical (unpaired) electrons. The van der Waals surface area contributed by atoms with E-state index in [9.17, 15) is 13.2 Å². The first kappa shape index (κ1) is 15.9. The van der Waals surface area contributed by atoms with E-state index in [1.165, 1.54) is 0 Å². The Morgan fingerprint density at radius 1 is 1.29 bits per heavy atom. The van der Waals surface area contributed by atoms with E-state index in [1.807, 2.05) is 0 Å². The zero-order valence-electron chi connectivity index (χ0n) is 11.5. The predicted molar refractivity (Wildman–Crippen MR) is 78.8 cm³/mol. The Bertz CT molecular complexity index is 600. The molecule has 0 saturated carbocycles. The van der Waals surface area contributed by atoms with Gasteiger partial charge in [0.05, 0.1) is 11.9 Å². The fraction of sp³-hybridized carbons (Fsp3) is 0.462. The zero-order valence-corrected chi connectivity index (χ0v) is 12.3. The first-order valence-electron chi connectivity index (χ1n) is 6.63. The van der Waals surface area contributed by atoms with Crippen molar-refractivity contribution in [2.75, 3.05) is 11.9 Å². The van der Waals surface area contributed by atoms with Crippen molar-refractivity contribution in [3.63, 3.8) is 0 Å². The molecule has 0 aliphatic carbocycles. The molecule has 116 valence electrons. The van der Waals surface area contributed by atoms with E-state index in [0.717, 1.165) is 6.42 Å².